The molecule has 144 valence electrons. The van der Waals surface area contributed by atoms with Crippen LogP contribution in [0.3, 0.4) is 0 Å². The topological polar surface area (TPSA) is 49.4 Å². The van der Waals surface area contributed by atoms with Crippen LogP contribution in [-0.4, -0.2) is 35.0 Å². The minimum atomic E-state index is -4.99. The van der Waals surface area contributed by atoms with E-state index in [0.717, 1.165) is 43.4 Å². The predicted octanol–water partition coefficient (Wildman–Crippen LogP) is 4.18. The molecule has 4 nitrogen and oxygen atoms in total. The number of alkyl halides is 3. The lowest BCUT2D eigenvalue weighted by Crippen LogP contribution is -2.53. The number of thiophene rings is 1. The van der Waals surface area contributed by atoms with E-state index in [1.54, 1.807) is 17.5 Å². The lowest BCUT2D eigenvalue weighted by atomic mass is 10.1. The molecule has 0 radical (unpaired) electrons. The van der Waals surface area contributed by atoms with Crippen molar-refractivity contribution in [1.29, 1.82) is 0 Å². The molecule has 1 N–H and O–H groups in total. The molecule has 1 aromatic rings. The Labute approximate surface area is 154 Å². The summed E-state index contributed by atoms with van der Waals surface area (Å²) in [6, 6.07) is 1.55. The van der Waals surface area contributed by atoms with E-state index in [9.17, 15) is 22.8 Å². The largest absolute Gasteiger partial charge is 0.471 e. The maximum absolute atomic E-state index is 13.3. The first-order valence-corrected chi connectivity index (χ1v) is 9.99. The van der Waals surface area contributed by atoms with Gasteiger partial charge in [0.15, 0.2) is 0 Å². The average molecular weight is 388 g/mol. The van der Waals surface area contributed by atoms with Crippen LogP contribution in [0, 0.1) is 0 Å². The highest BCUT2D eigenvalue weighted by molar-refractivity contribution is 7.10. The molecule has 2 aliphatic carbocycles. The molecule has 2 amide bonds. The number of halogens is 3. The molecule has 0 saturated heterocycles. The molecule has 1 aromatic heterocycles. The monoisotopic (exact) mass is 388 g/mol. The minimum absolute atomic E-state index is 0.0172. The lowest BCUT2D eigenvalue weighted by molar-refractivity contribution is -0.191. The van der Waals surface area contributed by atoms with E-state index in [2.05, 4.69) is 5.32 Å². The highest BCUT2D eigenvalue weighted by Crippen LogP contribution is 2.37. The second-order valence-corrected chi connectivity index (χ2v) is 8.04. The zero-order chi connectivity index (χ0) is 18.7. The second kappa shape index (κ2) is 7.98. The number of amides is 2. The van der Waals surface area contributed by atoms with Gasteiger partial charge in [-0.25, -0.2) is 0 Å². The van der Waals surface area contributed by atoms with Crippen molar-refractivity contribution < 1.29 is 22.8 Å². The van der Waals surface area contributed by atoms with Gasteiger partial charge in [-0.15, -0.1) is 11.3 Å². The molecule has 3 rings (SSSR count). The molecule has 8 heteroatoms. The summed E-state index contributed by atoms with van der Waals surface area (Å²) in [5, 5.41) is 4.60. The molecular weight excluding hydrogens is 365 g/mol. The highest BCUT2D eigenvalue weighted by Gasteiger charge is 2.49. The molecule has 2 saturated carbocycles. The number of nitrogens with zero attached hydrogens (tertiary/aromatic N) is 1. The molecule has 0 aromatic carbocycles. The lowest BCUT2D eigenvalue weighted by Gasteiger charge is -2.36. The van der Waals surface area contributed by atoms with Crippen molar-refractivity contribution in [2.24, 2.45) is 0 Å². The third kappa shape index (κ3) is 4.22. The molecule has 0 bridgehead atoms. The van der Waals surface area contributed by atoms with Gasteiger partial charge in [0, 0.05) is 17.0 Å². The summed E-state index contributed by atoms with van der Waals surface area (Å²) < 4.78 is 39.9. The van der Waals surface area contributed by atoms with E-state index in [0.29, 0.717) is 17.7 Å². The van der Waals surface area contributed by atoms with Crippen molar-refractivity contribution >= 4 is 23.2 Å². The normalized spacial score (nSPS) is 20.3. The Morgan fingerprint density at radius 3 is 2.27 bits per heavy atom. The summed E-state index contributed by atoms with van der Waals surface area (Å²) in [7, 11) is 0. The van der Waals surface area contributed by atoms with Crippen LogP contribution in [0.25, 0.3) is 0 Å². The van der Waals surface area contributed by atoms with Crippen molar-refractivity contribution in [3.63, 3.8) is 0 Å². The molecule has 26 heavy (non-hydrogen) atoms. The second-order valence-electron chi connectivity index (χ2n) is 7.06. The van der Waals surface area contributed by atoms with Gasteiger partial charge in [-0.3, -0.25) is 9.59 Å². The van der Waals surface area contributed by atoms with Crippen molar-refractivity contribution in [3.8, 4) is 0 Å². The molecule has 1 unspecified atom stereocenters. The number of hydrogen-bond donors (Lipinski definition) is 1. The summed E-state index contributed by atoms with van der Waals surface area (Å²) in [5.41, 5.74) is 0. The first-order chi connectivity index (χ1) is 12.4. The van der Waals surface area contributed by atoms with Gasteiger partial charge in [-0.05, 0) is 37.1 Å². The highest BCUT2D eigenvalue weighted by atomic mass is 32.1. The Bertz CT molecular complexity index is 621. The summed E-state index contributed by atoms with van der Waals surface area (Å²) >= 11 is 1.21. The maximum Gasteiger partial charge on any atom is 0.471 e. The van der Waals surface area contributed by atoms with Gasteiger partial charge < -0.3 is 10.2 Å². The molecule has 2 aliphatic rings. The fourth-order valence-electron chi connectivity index (χ4n) is 4.01. The Morgan fingerprint density at radius 2 is 1.73 bits per heavy atom. The van der Waals surface area contributed by atoms with Crippen LogP contribution in [-0.2, 0) is 9.59 Å². The van der Waals surface area contributed by atoms with E-state index >= 15 is 0 Å². The van der Waals surface area contributed by atoms with Gasteiger partial charge in [0.05, 0.1) is 0 Å². The third-order valence-corrected chi connectivity index (χ3v) is 6.16. The Hall–Kier alpha value is -1.57. The smallest absolute Gasteiger partial charge is 0.351 e. The molecule has 2 fully saturated rings. The molecule has 1 atom stereocenters. The van der Waals surface area contributed by atoms with E-state index < -0.39 is 30.1 Å². The molecular formula is C18H23F3N2O2S. The predicted molar refractivity (Wildman–Crippen MR) is 92.6 cm³/mol. The van der Waals surface area contributed by atoms with E-state index in [1.165, 1.54) is 11.3 Å². The van der Waals surface area contributed by atoms with Crippen molar-refractivity contribution in [1.82, 2.24) is 10.2 Å². The quantitative estimate of drug-likeness (QED) is 0.823. The zero-order valence-corrected chi connectivity index (χ0v) is 15.2. The average Bonchev–Trinajstić information content (AvgIpc) is 3.32. The van der Waals surface area contributed by atoms with Gasteiger partial charge in [-0.2, -0.15) is 13.2 Å². The fourth-order valence-corrected chi connectivity index (χ4v) is 4.83. The summed E-state index contributed by atoms with van der Waals surface area (Å²) in [6.45, 7) is 0. The Kier molecular flexibility index (Phi) is 5.89. The summed E-state index contributed by atoms with van der Waals surface area (Å²) in [4.78, 5) is 26.5. The Balaban J connectivity index is 1.92. The van der Waals surface area contributed by atoms with Crippen LogP contribution in [0.15, 0.2) is 17.5 Å². The minimum Gasteiger partial charge on any atom is -0.351 e. The Morgan fingerprint density at radius 1 is 1.12 bits per heavy atom. The van der Waals surface area contributed by atoms with Crippen molar-refractivity contribution in [2.45, 2.75) is 75.7 Å². The third-order valence-electron chi connectivity index (χ3n) is 5.24. The van der Waals surface area contributed by atoms with Gasteiger partial charge in [0.2, 0.25) is 5.91 Å². The van der Waals surface area contributed by atoms with Crippen LogP contribution in [0.1, 0.15) is 62.3 Å². The van der Waals surface area contributed by atoms with Crippen LogP contribution in [0.5, 0.6) is 0 Å². The van der Waals surface area contributed by atoms with Crippen LogP contribution in [0.4, 0.5) is 13.2 Å². The van der Waals surface area contributed by atoms with E-state index in [4.69, 9.17) is 0 Å². The van der Waals surface area contributed by atoms with Crippen LogP contribution < -0.4 is 5.32 Å². The maximum atomic E-state index is 13.3. The fraction of sp³-hybridized carbons (Fsp3) is 0.667. The first-order valence-electron chi connectivity index (χ1n) is 9.11. The number of hydrogen-bond acceptors (Lipinski definition) is 3. The number of carbonyl (C=O) groups excluding carboxylic acids is 2. The number of nitrogens with one attached hydrogen (secondary N) is 1. The van der Waals surface area contributed by atoms with Gasteiger partial charge in [-0.1, -0.05) is 31.7 Å². The molecule has 0 aliphatic heterocycles. The van der Waals surface area contributed by atoms with Gasteiger partial charge in [0.1, 0.15) is 6.04 Å². The van der Waals surface area contributed by atoms with E-state index in [1.807, 2.05) is 0 Å². The number of carbonyl (C=O) groups is 2. The zero-order valence-electron chi connectivity index (χ0n) is 14.4. The summed E-state index contributed by atoms with van der Waals surface area (Å²) in [6.07, 6.45) is 1.22. The molecule has 0 spiro atoms. The summed E-state index contributed by atoms with van der Waals surface area (Å²) in [5.74, 6) is -2.41. The van der Waals surface area contributed by atoms with Gasteiger partial charge >= 0.3 is 12.1 Å². The van der Waals surface area contributed by atoms with E-state index in [-0.39, 0.29) is 6.04 Å². The first kappa shape index (κ1) is 19.2. The van der Waals surface area contributed by atoms with Crippen molar-refractivity contribution in [3.05, 3.63) is 22.4 Å². The van der Waals surface area contributed by atoms with Crippen LogP contribution >= 0.6 is 11.3 Å². The number of rotatable bonds is 5. The van der Waals surface area contributed by atoms with Crippen molar-refractivity contribution in [2.75, 3.05) is 0 Å². The van der Waals surface area contributed by atoms with Crippen LogP contribution in [0.2, 0.25) is 0 Å². The van der Waals surface area contributed by atoms with Gasteiger partial charge in [0.25, 0.3) is 0 Å². The standard InChI is InChI=1S/C18H23F3N2O2S/c19-18(20,21)17(25)23(13-8-3-4-9-13)15(14-10-5-11-26-14)16(24)22-12-6-1-2-7-12/h5,10-13,15H,1-4,6-9H2,(H,22,24). The SMILES string of the molecule is O=C(NC1CCCC1)C(c1cccs1)N(C(=O)C(F)(F)F)C1CCCC1. The molecule has 1 heterocycles.